The van der Waals surface area contributed by atoms with Crippen LogP contribution in [0.15, 0.2) is 5.51 Å². The molecule has 108 valence electrons. The number of hydrogen-bond acceptors (Lipinski definition) is 6. The zero-order valence-corrected chi connectivity index (χ0v) is 12.4. The van der Waals surface area contributed by atoms with Crippen LogP contribution in [0.4, 0.5) is 5.00 Å². The Labute approximate surface area is 118 Å². The van der Waals surface area contributed by atoms with E-state index in [1.54, 1.807) is 12.4 Å². The normalized spacial score (nSPS) is 10.4. The monoisotopic (exact) mass is 286 g/mol. The quantitative estimate of drug-likeness (QED) is 0.529. The Hall–Kier alpha value is -1.14. The van der Waals surface area contributed by atoms with Crippen LogP contribution in [-0.2, 0) is 9.47 Å². The molecule has 0 aliphatic rings. The number of hydrogen-bond donors (Lipinski definition) is 1. The Morgan fingerprint density at radius 3 is 2.89 bits per heavy atom. The first kappa shape index (κ1) is 15.9. The van der Waals surface area contributed by atoms with Crippen LogP contribution in [0, 0.1) is 0 Å². The largest absolute Gasteiger partial charge is 0.461 e. The maximum atomic E-state index is 11.6. The van der Waals surface area contributed by atoms with Gasteiger partial charge in [-0.05, 0) is 19.8 Å². The number of esters is 1. The standard InChI is InChI=1S/C13H22N2O3S/c1-3-5-8-17-9-6-7-14-12-11(15-10-19-12)13(16)18-4-2/h10,14H,3-9H2,1-2H3. The molecule has 1 aromatic heterocycles. The number of aromatic nitrogens is 1. The van der Waals surface area contributed by atoms with Gasteiger partial charge >= 0.3 is 5.97 Å². The fourth-order valence-electron chi connectivity index (χ4n) is 1.44. The molecule has 0 aliphatic carbocycles. The molecule has 0 amide bonds. The molecule has 1 N–H and O–H groups in total. The van der Waals surface area contributed by atoms with Gasteiger partial charge in [-0.25, -0.2) is 9.78 Å². The molecular formula is C13H22N2O3S. The van der Waals surface area contributed by atoms with Crippen molar-refractivity contribution in [1.29, 1.82) is 0 Å². The first-order valence-electron chi connectivity index (χ1n) is 6.71. The van der Waals surface area contributed by atoms with Gasteiger partial charge in [0.1, 0.15) is 5.00 Å². The van der Waals surface area contributed by atoms with Crippen molar-refractivity contribution in [2.24, 2.45) is 0 Å². The lowest BCUT2D eigenvalue weighted by Gasteiger charge is -2.06. The molecule has 0 radical (unpaired) electrons. The Bertz CT molecular complexity index is 369. The van der Waals surface area contributed by atoms with Crippen LogP contribution in [0.1, 0.15) is 43.6 Å². The second-order valence-corrected chi connectivity index (χ2v) is 4.85. The second-order valence-electron chi connectivity index (χ2n) is 4.00. The summed E-state index contributed by atoms with van der Waals surface area (Å²) < 4.78 is 10.4. The van der Waals surface area contributed by atoms with Crippen molar-refractivity contribution in [3.63, 3.8) is 0 Å². The topological polar surface area (TPSA) is 60.5 Å². The predicted molar refractivity (Wildman–Crippen MR) is 76.9 cm³/mol. The summed E-state index contributed by atoms with van der Waals surface area (Å²) in [4.78, 5) is 15.6. The zero-order valence-electron chi connectivity index (χ0n) is 11.6. The highest BCUT2D eigenvalue weighted by molar-refractivity contribution is 7.14. The van der Waals surface area contributed by atoms with E-state index in [4.69, 9.17) is 9.47 Å². The third kappa shape index (κ3) is 6.02. The van der Waals surface area contributed by atoms with Crippen molar-refractivity contribution in [2.75, 3.05) is 31.7 Å². The minimum Gasteiger partial charge on any atom is -0.461 e. The van der Waals surface area contributed by atoms with E-state index in [-0.39, 0.29) is 5.97 Å². The molecule has 0 bridgehead atoms. The van der Waals surface area contributed by atoms with E-state index in [0.717, 1.165) is 44.0 Å². The number of rotatable bonds is 10. The van der Waals surface area contributed by atoms with E-state index in [2.05, 4.69) is 17.2 Å². The average Bonchev–Trinajstić information content (AvgIpc) is 2.86. The molecule has 1 rings (SSSR count). The first-order valence-corrected chi connectivity index (χ1v) is 7.59. The fraction of sp³-hybridized carbons (Fsp3) is 0.692. The Kier molecular flexibility index (Phi) is 8.16. The molecule has 5 nitrogen and oxygen atoms in total. The van der Waals surface area contributed by atoms with Crippen LogP contribution in [0.25, 0.3) is 0 Å². The molecule has 0 fully saturated rings. The molecular weight excluding hydrogens is 264 g/mol. The minimum atomic E-state index is -0.370. The van der Waals surface area contributed by atoms with Crippen molar-refractivity contribution in [3.05, 3.63) is 11.2 Å². The van der Waals surface area contributed by atoms with Crippen molar-refractivity contribution in [1.82, 2.24) is 4.98 Å². The van der Waals surface area contributed by atoms with Gasteiger partial charge in [-0.1, -0.05) is 13.3 Å². The van der Waals surface area contributed by atoms with Gasteiger partial charge in [0, 0.05) is 19.8 Å². The molecule has 19 heavy (non-hydrogen) atoms. The Morgan fingerprint density at radius 1 is 1.37 bits per heavy atom. The minimum absolute atomic E-state index is 0.362. The lowest BCUT2D eigenvalue weighted by atomic mass is 10.3. The van der Waals surface area contributed by atoms with E-state index in [1.165, 1.54) is 11.3 Å². The van der Waals surface area contributed by atoms with Crippen molar-refractivity contribution < 1.29 is 14.3 Å². The van der Waals surface area contributed by atoms with E-state index < -0.39 is 0 Å². The number of anilines is 1. The molecule has 0 unspecified atom stereocenters. The molecule has 0 spiro atoms. The van der Waals surface area contributed by atoms with Gasteiger partial charge in [0.05, 0.1) is 12.1 Å². The third-order valence-electron chi connectivity index (χ3n) is 2.43. The van der Waals surface area contributed by atoms with Crippen LogP contribution in [0.5, 0.6) is 0 Å². The van der Waals surface area contributed by atoms with Gasteiger partial charge in [-0.15, -0.1) is 11.3 Å². The van der Waals surface area contributed by atoms with E-state index in [0.29, 0.717) is 12.3 Å². The Morgan fingerprint density at radius 2 is 2.16 bits per heavy atom. The smallest absolute Gasteiger partial charge is 0.360 e. The molecule has 0 atom stereocenters. The Balaban J connectivity index is 2.22. The lowest BCUT2D eigenvalue weighted by Crippen LogP contribution is -2.11. The summed E-state index contributed by atoms with van der Waals surface area (Å²) in [6, 6.07) is 0. The summed E-state index contributed by atoms with van der Waals surface area (Å²) in [6.07, 6.45) is 3.17. The summed E-state index contributed by atoms with van der Waals surface area (Å²) in [5.41, 5.74) is 2.02. The number of ether oxygens (including phenoxy) is 2. The van der Waals surface area contributed by atoms with Crippen LogP contribution < -0.4 is 5.32 Å². The highest BCUT2D eigenvalue weighted by Gasteiger charge is 2.15. The lowest BCUT2D eigenvalue weighted by molar-refractivity contribution is 0.0521. The number of thiazole rings is 1. The van der Waals surface area contributed by atoms with Crippen molar-refractivity contribution in [2.45, 2.75) is 33.1 Å². The van der Waals surface area contributed by atoms with Gasteiger partial charge in [0.25, 0.3) is 0 Å². The SMILES string of the molecule is CCCCOCCCNc1scnc1C(=O)OCC. The molecule has 0 aromatic carbocycles. The summed E-state index contributed by atoms with van der Waals surface area (Å²) in [5.74, 6) is -0.370. The van der Waals surface area contributed by atoms with E-state index >= 15 is 0 Å². The number of carbonyl (C=O) groups excluding carboxylic acids is 1. The van der Waals surface area contributed by atoms with Crippen LogP contribution in [0.3, 0.4) is 0 Å². The number of nitrogens with zero attached hydrogens (tertiary/aromatic N) is 1. The predicted octanol–water partition coefficient (Wildman–Crippen LogP) is 2.94. The number of nitrogens with one attached hydrogen (secondary N) is 1. The summed E-state index contributed by atoms with van der Waals surface area (Å²) in [6.45, 7) is 6.62. The molecule has 6 heteroatoms. The molecule has 0 saturated heterocycles. The van der Waals surface area contributed by atoms with Gasteiger partial charge in [-0.3, -0.25) is 0 Å². The molecule has 1 aromatic rings. The number of carbonyl (C=O) groups is 1. The van der Waals surface area contributed by atoms with Gasteiger partial charge in [0.15, 0.2) is 5.69 Å². The summed E-state index contributed by atoms with van der Waals surface area (Å²) >= 11 is 1.41. The molecule has 1 heterocycles. The van der Waals surface area contributed by atoms with Crippen molar-refractivity contribution in [3.8, 4) is 0 Å². The second kappa shape index (κ2) is 9.75. The zero-order chi connectivity index (χ0) is 13.9. The molecule has 0 aliphatic heterocycles. The fourth-order valence-corrected chi connectivity index (χ4v) is 2.14. The van der Waals surface area contributed by atoms with Gasteiger partial charge in [0.2, 0.25) is 0 Å². The summed E-state index contributed by atoms with van der Waals surface area (Å²) in [5, 5.41) is 3.97. The van der Waals surface area contributed by atoms with Crippen LogP contribution in [-0.4, -0.2) is 37.3 Å². The number of unbranched alkanes of at least 4 members (excludes halogenated alkanes) is 1. The van der Waals surface area contributed by atoms with Crippen molar-refractivity contribution >= 4 is 22.3 Å². The molecule has 0 saturated carbocycles. The summed E-state index contributed by atoms with van der Waals surface area (Å²) in [7, 11) is 0. The highest BCUT2D eigenvalue weighted by Crippen LogP contribution is 2.20. The van der Waals surface area contributed by atoms with Crippen LogP contribution in [0.2, 0.25) is 0 Å². The van der Waals surface area contributed by atoms with E-state index in [9.17, 15) is 4.79 Å². The van der Waals surface area contributed by atoms with Crippen LogP contribution >= 0.6 is 11.3 Å². The van der Waals surface area contributed by atoms with Gasteiger partial charge in [-0.2, -0.15) is 0 Å². The highest BCUT2D eigenvalue weighted by atomic mass is 32.1. The van der Waals surface area contributed by atoms with Gasteiger partial charge < -0.3 is 14.8 Å². The average molecular weight is 286 g/mol. The maximum absolute atomic E-state index is 11.6. The van der Waals surface area contributed by atoms with E-state index in [1.807, 2.05) is 0 Å². The third-order valence-corrected chi connectivity index (χ3v) is 3.21. The maximum Gasteiger partial charge on any atom is 0.360 e. The first-order chi connectivity index (χ1) is 9.29.